The van der Waals surface area contributed by atoms with Crippen LogP contribution in [0.25, 0.3) is 10.4 Å². The third-order valence-corrected chi connectivity index (χ3v) is 5.65. The predicted molar refractivity (Wildman–Crippen MR) is 108 cm³/mol. The zero-order valence-corrected chi connectivity index (χ0v) is 16.2. The van der Waals surface area contributed by atoms with Crippen molar-refractivity contribution in [2.45, 2.75) is 6.42 Å². The molecule has 136 valence electrons. The van der Waals surface area contributed by atoms with Crippen LogP contribution in [0.4, 0.5) is 10.5 Å². The number of amides is 2. The van der Waals surface area contributed by atoms with Gasteiger partial charge in [-0.05, 0) is 47.5 Å². The van der Waals surface area contributed by atoms with E-state index in [0.717, 1.165) is 6.42 Å². The second kappa shape index (κ2) is 8.73. The topological polar surface area (TPSA) is 59.6 Å². The molecule has 0 spiro atoms. The van der Waals surface area contributed by atoms with Gasteiger partial charge in [0.1, 0.15) is 0 Å². The van der Waals surface area contributed by atoms with E-state index in [2.05, 4.69) is 39.6 Å². The van der Waals surface area contributed by atoms with Crippen LogP contribution in [0.2, 0.25) is 0 Å². The van der Waals surface area contributed by atoms with Gasteiger partial charge in [0.15, 0.2) is 11.5 Å². The van der Waals surface area contributed by atoms with E-state index in [0.29, 0.717) is 23.7 Å². The van der Waals surface area contributed by atoms with Crippen LogP contribution in [-0.4, -0.2) is 26.8 Å². The van der Waals surface area contributed by atoms with Gasteiger partial charge in [-0.25, -0.2) is 4.79 Å². The summed E-state index contributed by atoms with van der Waals surface area (Å²) in [6.45, 7) is 0.557. The molecule has 0 radical (unpaired) electrons. The summed E-state index contributed by atoms with van der Waals surface area (Å²) in [5, 5.41) is 9.89. The predicted octanol–water partition coefficient (Wildman–Crippen LogP) is 4.86. The normalized spacial score (nSPS) is 10.4. The maximum Gasteiger partial charge on any atom is 0.319 e. The number of rotatable bonds is 7. The van der Waals surface area contributed by atoms with E-state index >= 15 is 0 Å². The monoisotopic (exact) mass is 388 g/mol. The summed E-state index contributed by atoms with van der Waals surface area (Å²) in [7, 11) is 3.11. The first-order valence-electron chi connectivity index (χ1n) is 8.08. The lowest BCUT2D eigenvalue weighted by atomic mass is 10.2. The molecule has 3 rings (SSSR count). The second-order valence-corrected chi connectivity index (χ2v) is 7.40. The number of anilines is 1. The Morgan fingerprint density at radius 3 is 2.73 bits per heavy atom. The largest absolute Gasteiger partial charge is 0.493 e. The number of carbonyl (C=O) groups excluding carboxylic acids is 1. The standard InChI is InChI=1S/C19H20N2O3S2/c1-23-16-5-3-4-15(18(16)24-2)21-19(22)20-10-8-14-6-7-17(26-14)13-9-11-25-12-13/h3-7,9,11-12H,8,10H2,1-2H3,(H2,20,21,22). The fraction of sp³-hybridized carbons (Fsp3) is 0.211. The Bertz CT molecular complexity index is 860. The highest BCUT2D eigenvalue weighted by atomic mass is 32.1. The molecule has 2 amide bonds. The molecule has 2 heterocycles. The number of benzene rings is 1. The molecule has 0 fully saturated rings. The molecular formula is C19H20N2O3S2. The maximum atomic E-state index is 12.1. The van der Waals surface area contributed by atoms with E-state index < -0.39 is 0 Å². The van der Waals surface area contributed by atoms with Crippen LogP contribution >= 0.6 is 22.7 Å². The van der Waals surface area contributed by atoms with E-state index in [-0.39, 0.29) is 6.03 Å². The first-order chi connectivity index (χ1) is 12.7. The molecule has 7 heteroatoms. The van der Waals surface area contributed by atoms with Crippen LogP contribution in [0.15, 0.2) is 47.2 Å². The molecule has 0 atom stereocenters. The molecule has 2 N–H and O–H groups in total. The number of hydrogen-bond donors (Lipinski definition) is 2. The second-order valence-electron chi connectivity index (χ2n) is 5.45. The average Bonchev–Trinajstić information content (AvgIpc) is 3.33. The Balaban J connectivity index is 1.52. The van der Waals surface area contributed by atoms with Gasteiger partial charge in [0, 0.05) is 21.9 Å². The molecule has 26 heavy (non-hydrogen) atoms. The van der Waals surface area contributed by atoms with Crippen molar-refractivity contribution >= 4 is 34.4 Å². The van der Waals surface area contributed by atoms with Crippen molar-refractivity contribution in [1.29, 1.82) is 0 Å². The van der Waals surface area contributed by atoms with Gasteiger partial charge in [-0.15, -0.1) is 11.3 Å². The fourth-order valence-corrected chi connectivity index (χ4v) is 4.26. The van der Waals surface area contributed by atoms with Gasteiger partial charge >= 0.3 is 6.03 Å². The Morgan fingerprint density at radius 1 is 1.12 bits per heavy atom. The summed E-state index contributed by atoms with van der Waals surface area (Å²) in [6.07, 6.45) is 0.789. The Hall–Kier alpha value is -2.51. The highest BCUT2D eigenvalue weighted by Gasteiger charge is 2.12. The Kier molecular flexibility index (Phi) is 6.14. The molecule has 1 aromatic carbocycles. The van der Waals surface area contributed by atoms with Crippen molar-refractivity contribution in [2.24, 2.45) is 0 Å². The quantitative estimate of drug-likeness (QED) is 0.608. The van der Waals surface area contributed by atoms with Gasteiger partial charge in [-0.2, -0.15) is 11.3 Å². The zero-order chi connectivity index (χ0) is 18.4. The number of thiophene rings is 2. The van der Waals surface area contributed by atoms with E-state index in [1.54, 1.807) is 55.1 Å². The lowest BCUT2D eigenvalue weighted by Gasteiger charge is -2.13. The SMILES string of the molecule is COc1cccc(NC(=O)NCCc2ccc(-c3ccsc3)s2)c1OC. The number of nitrogens with one attached hydrogen (secondary N) is 2. The lowest BCUT2D eigenvalue weighted by molar-refractivity contribution is 0.252. The van der Waals surface area contributed by atoms with Gasteiger partial charge in [-0.3, -0.25) is 0 Å². The molecule has 2 aromatic heterocycles. The maximum absolute atomic E-state index is 12.1. The van der Waals surface area contributed by atoms with Gasteiger partial charge < -0.3 is 20.1 Å². The Labute approximate surface area is 160 Å². The van der Waals surface area contributed by atoms with Crippen molar-refractivity contribution in [3.63, 3.8) is 0 Å². The summed E-state index contributed by atoms with van der Waals surface area (Å²) in [5.41, 5.74) is 1.82. The number of carbonyl (C=O) groups is 1. The molecule has 0 saturated heterocycles. The highest BCUT2D eigenvalue weighted by Crippen LogP contribution is 2.34. The van der Waals surface area contributed by atoms with E-state index in [1.165, 1.54) is 15.3 Å². The third kappa shape index (κ3) is 4.36. The van der Waals surface area contributed by atoms with E-state index in [9.17, 15) is 4.79 Å². The van der Waals surface area contributed by atoms with Crippen LogP contribution in [-0.2, 0) is 6.42 Å². The van der Waals surface area contributed by atoms with Crippen molar-refractivity contribution in [1.82, 2.24) is 5.32 Å². The fourth-order valence-electron chi connectivity index (χ4n) is 2.52. The number of urea groups is 1. The summed E-state index contributed by atoms with van der Waals surface area (Å²) in [5.74, 6) is 1.08. The molecular weight excluding hydrogens is 368 g/mol. The van der Waals surface area contributed by atoms with Crippen molar-refractivity contribution < 1.29 is 14.3 Å². The first-order valence-corrected chi connectivity index (χ1v) is 9.84. The molecule has 0 unspecified atom stereocenters. The lowest BCUT2D eigenvalue weighted by Crippen LogP contribution is -2.30. The van der Waals surface area contributed by atoms with E-state index in [1.807, 2.05) is 0 Å². The van der Waals surface area contributed by atoms with Gasteiger partial charge in [0.2, 0.25) is 0 Å². The molecule has 0 aliphatic heterocycles. The van der Waals surface area contributed by atoms with Gasteiger partial charge in [0.25, 0.3) is 0 Å². The number of methoxy groups -OCH3 is 2. The summed E-state index contributed by atoms with van der Waals surface area (Å²) in [4.78, 5) is 14.6. The minimum atomic E-state index is -0.272. The van der Waals surface area contributed by atoms with Gasteiger partial charge in [-0.1, -0.05) is 6.07 Å². The number of hydrogen-bond acceptors (Lipinski definition) is 5. The van der Waals surface area contributed by atoms with Crippen LogP contribution in [0, 0.1) is 0 Å². The Morgan fingerprint density at radius 2 is 2.00 bits per heavy atom. The molecule has 3 aromatic rings. The van der Waals surface area contributed by atoms with Crippen LogP contribution < -0.4 is 20.1 Å². The molecule has 0 aliphatic carbocycles. The van der Waals surface area contributed by atoms with Crippen molar-refractivity contribution in [3.05, 3.63) is 52.0 Å². The molecule has 5 nitrogen and oxygen atoms in total. The smallest absolute Gasteiger partial charge is 0.319 e. The minimum Gasteiger partial charge on any atom is -0.493 e. The van der Waals surface area contributed by atoms with E-state index in [4.69, 9.17) is 9.47 Å². The molecule has 0 aliphatic rings. The van der Waals surface area contributed by atoms with Gasteiger partial charge in [0.05, 0.1) is 19.9 Å². The number of ether oxygens (including phenoxy) is 2. The zero-order valence-electron chi connectivity index (χ0n) is 14.6. The summed E-state index contributed by atoms with van der Waals surface area (Å²) in [6, 6.07) is 11.4. The molecule has 0 bridgehead atoms. The van der Waals surface area contributed by atoms with Crippen LogP contribution in [0.5, 0.6) is 11.5 Å². The minimum absolute atomic E-state index is 0.272. The van der Waals surface area contributed by atoms with Crippen LogP contribution in [0.3, 0.4) is 0 Å². The van der Waals surface area contributed by atoms with Crippen molar-refractivity contribution in [2.75, 3.05) is 26.1 Å². The number of para-hydroxylation sites is 1. The summed E-state index contributed by atoms with van der Waals surface area (Å²) < 4.78 is 10.6. The highest BCUT2D eigenvalue weighted by molar-refractivity contribution is 7.16. The average molecular weight is 389 g/mol. The first kappa shape index (κ1) is 18.3. The van der Waals surface area contributed by atoms with Crippen molar-refractivity contribution in [3.8, 4) is 21.9 Å². The molecule has 0 saturated carbocycles. The van der Waals surface area contributed by atoms with Crippen LogP contribution in [0.1, 0.15) is 4.88 Å². The third-order valence-electron chi connectivity index (χ3n) is 3.78. The summed E-state index contributed by atoms with van der Waals surface area (Å²) >= 11 is 3.45.